The number of hydrogen-bond donors (Lipinski definition) is 1. The third kappa shape index (κ3) is 3.40. The van der Waals surface area contributed by atoms with Crippen LogP contribution in [0.2, 0.25) is 0 Å². The van der Waals surface area contributed by atoms with Gasteiger partial charge in [0.05, 0.1) is 0 Å². The predicted octanol–water partition coefficient (Wildman–Crippen LogP) is 2.98. The highest BCUT2D eigenvalue weighted by Crippen LogP contribution is 2.20. The van der Waals surface area contributed by atoms with Crippen LogP contribution in [0.5, 0.6) is 0 Å². The van der Waals surface area contributed by atoms with Crippen LogP contribution in [-0.4, -0.2) is 8.42 Å². The molecular weight excluding hydrogens is 285 g/mol. The first-order valence-electron chi connectivity index (χ1n) is 5.69. The lowest BCUT2D eigenvalue weighted by atomic mass is 10.1. The molecule has 2 aromatic rings. The van der Waals surface area contributed by atoms with Gasteiger partial charge in [-0.25, -0.2) is 17.5 Å². The van der Waals surface area contributed by atoms with Gasteiger partial charge in [-0.15, -0.1) is 11.3 Å². The van der Waals surface area contributed by atoms with Crippen molar-refractivity contribution in [1.29, 1.82) is 0 Å². The largest absolute Gasteiger partial charge is 0.250 e. The van der Waals surface area contributed by atoms with E-state index in [0.29, 0.717) is 11.1 Å². The molecule has 3 nitrogen and oxygen atoms in total. The van der Waals surface area contributed by atoms with E-state index >= 15 is 0 Å². The van der Waals surface area contributed by atoms with Crippen LogP contribution < -0.4 is 4.72 Å². The van der Waals surface area contributed by atoms with Crippen LogP contribution in [0.15, 0.2) is 34.5 Å². The normalized spacial score (nSPS) is 11.7. The Kier molecular flexibility index (Phi) is 4.03. The van der Waals surface area contributed by atoms with Crippen LogP contribution >= 0.6 is 11.3 Å². The molecule has 19 heavy (non-hydrogen) atoms. The fourth-order valence-corrected chi connectivity index (χ4v) is 3.90. The molecule has 0 atom stereocenters. The van der Waals surface area contributed by atoms with E-state index in [-0.39, 0.29) is 16.6 Å². The number of thiophene rings is 1. The average molecular weight is 299 g/mol. The number of hydrogen-bond acceptors (Lipinski definition) is 3. The lowest BCUT2D eigenvalue weighted by Crippen LogP contribution is -2.22. The molecule has 0 aliphatic heterocycles. The van der Waals surface area contributed by atoms with Crippen LogP contribution in [0.4, 0.5) is 4.39 Å². The number of nitrogens with one attached hydrogen (secondary N) is 1. The molecule has 0 saturated carbocycles. The number of aryl methyl sites for hydroxylation is 2. The maximum atomic E-state index is 13.4. The lowest BCUT2D eigenvalue weighted by Gasteiger charge is -2.06. The van der Waals surface area contributed by atoms with Gasteiger partial charge in [-0.1, -0.05) is 12.1 Å². The number of halogens is 1. The molecule has 1 N–H and O–H groups in total. The van der Waals surface area contributed by atoms with Crippen molar-refractivity contribution in [3.63, 3.8) is 0 Å². The van der Waals surface area contributed by atoms with E-state index in [2.05, 4.69) is 4.72 Å². The summed E-state index contributed by atoms with van der Waals surface area (Å²) in [4.78, 5) is 0.932. The quantitative estimate of drug-likeness (QED) is 0.943. The molecule has 0 aliphatic carbocycles. The second kappa shape index (κ2) is 5.40. The molecule has 0 saturated heterocycles. The van der Waals surface area contributed by atoms with Crippen molar-refractivity contribution in [3.8, 4) is 0 Å². The summed E-state index contributed by atoms with van der Waals surface area (Å²) in [6.45, 7) is 3.59. The molecule has 0 bridgehead atoms. The molecule has 0 fully saturated rings. The zero-order chi connectivity index (χ0) is 14.0. The highest BCUT2D eigenvalue weighted by molar-refractivity contribution is 7.91. The molecule has 6 heteroatoms. The minimum Gasteiger partial charge on any atom is -0.207 e. The summed E-state index contributed by atoms with van der Waals surface area (Å²) in [5.74, 6) is -0.330. The van der Waals surface area contributed by atoms with Gasteiger partial charge in [0.15, 0.2) is 0 Å². The Bertz CT molecular complexity index is 692. The second-order valence-corrected chi connectivity index (χ2v) is 7.55. The predicted molar refractivity (Wildman–Crippen MR) is 74.2 cm³/mol. The van der Waals surface area contributed by atoms with Gasteiger partial charge in [-0.05, 0) is 43.2 Å². The van der Waals surface area contributed by atoms with E-state index in [1.165, 1.54) is 17.4 Å². The highest BCUT2D eigenvalue weighted by Gasteiger charge is 2.15. The third-order valence-corrected chi connectivity index (χ3v) is 5.58. The molecule has 2 rings (SSSR count). The molecule has 0 aliphatic rings. The van der Waals surface area contributed by atoms with Crippen LogP contribution in [0.25, 0.3) is 0 Å². The molecule has 1 aromatic carbocycles. The van der Waals surface area contributed by atoms with Gasteiger partial charge in [0.2, 0.25) is 10.0 Å². The summed E-state index contributed by atoms with van der Waals surface area (Å²) >= 11 is 1.21. The SMILES string of the molecule is Cc1ccc(S(=O)(=O)NCc2ccc(C)c(F)c2)s1. The van der Waals surface area contributed by atoms with Crippen molar-refractivity contribution in [3.05, 3.63) is 52.2 Å². The van der Waals surface area contributed by atoms with E-state index in [9.17, 15) is 12.8 Å². The zero-order valence-electron chi connectivity index (χ0n) is 10.6. The zero-order valence-corrected chi connectivity index (χ0v) is 12.2. The Morgan fingerprint density at radius 2 is 1.95 bits per heavy atom. The smallest absolute Gasteiger partial charge is 0.207 e. The van der Waals surface area contributed by atoms with Crippen molar-refractivity contribution in [2.75, 3.05) is 0 Å². The molecule has 0 radical (unpaired) electrons. The molecular formula is C13H14FNO2S2. The van der Waals surface area contributed by atoms with Crippen molar-refractivity contribution in [2.24, 2.45) is 0 Å². The van der Waals surface area contributed by atoms with Gasteiger partial charge < -0.3 is 0 Å². The molecule has 1 aromatic heterocycles. The topological polar surface area (TPSA) is 46.2 Å². The lowest BCUT2D eigenvalue weighted by molar-refractivity contribution is 0.582. The molecule has 0 spiro atoms. The number of rotatable bonds is 4. The average Bonchev–Trinajstić information content (AvgIpc) is 2.78. The molecule has 1 heterocycles. The summed E-state index contributed by atoms with van der Waals surface area (Å²) in [6, 6.07) is 8.01. The Balaban J connectivity index is 2.11. The van der Waals surface area contributed by atoms with Crippen LogP contribution in [0, 0.1) is 19.7 Å². The second-order valence-electron chi connectivity index (χ2n) is 4.27. The standard InChI is InChI=1S/C13H14FNO2S2/c1-9-3-5-11(7-12(9)14)8-15-19(16,17)13-6-4-10(2)18-13/h3-7,15H,8H2,1-2H3. The molecule has 102 valence electrons. The van der Waals surface area contributed by atoms with E-state index < -0.39 is 10.0 Å². The summed E-state index contributed by atoms with van der Waals surface area (Å²) in [5, 5.41) is 0. The Morgan fingerprint density at radius 3 is 2.53 bits per heavy atom. The first-order valence-corrected chi connectivity index (χ1v) is 7.99. The molecule has 0 amide bonds. The Hall–Kier alpha value is -1.24. The van der Waals surface area contributed by atoms with Gasteiger partial charge in [0.25, 0.3) is 0 Å². The summed E-state index contributed by atoms with van der Waals surface area (Å²) in [6.07, 6.45) is 0. The maximum absolute atomic E-state index is 13.4. The van der Waals surface area contributed by atoms with Gasteiger partial charge in [-0.3, -0.25) is 0 Å². The third-order valence-electron chi connectivity index (χ3n) is 2.68. The summed E-state index contributed by atoms with van der Waals surface area (Å²) < 4.78 is 40.0. The minimum absolute atomic E-state index is 0.0798. The summed E-state index contributed by atoms with van der Waals surface area (Å²) in [5.41, 5.74) is 1.14. The van der Waals surface area contributed by atoms with Crippen LogP contribution in [0.1, 0.15) is 16.0 Å². The Morgan fingerprint density at radius 1 is 1.21 bits per heavy atom. The first kappa shape index (κ1) is 14.2. The fourth-order valence-electron chi connectivity index (χ4n) is 1.55. The van der Waals surface area contributed by atoms with Gasteiger partial charge in [-0.2, -0.15) is 0 Å². The Labute approximate surface area is 116 Å². The van der Waals surface area contributed by atoms with Crippen molar-refractivity contribution >= 4 is 21.4 Å². The monoisotopic (exact) mass is 299 g/mol. The highest BCUT2D eigenvalue weighted by atomic mass is 32.2. The summed E-state index contributed by atoms with van der Waals surface area (Å²) in [7, 11) is -3.51. The van der Waals surface area contributed by atoms with Crippen molar-refractivity contribution < 1.29 is 12.8 Å². The van der Waals surface area contributed by atoms with Crippen LogP contribution in [0.3, 0.4) is 0 Å². The first-order chi connectivity index (χ1) is 8.88. The van der Waals surface area contributed by atoms with E-state index in [4.69, 9.17) is 0 Å². The number of benzene rings is 1. The van der Waals surface area contributed by atoms with Crippen molar-refractivity contribution in [2.45, 2.75) is 24.6 Å². The van der Waals surface area contributed by atoms with Crippen molar-refractivity contribution in [1.82, 2.24) is 4.72 Å². The fraction of sp³-hybridized carbons (Fsp3) is 0.231. The van der Waals surface area contributed by atoms with E-state index in [1.54, 1.807) is 31.2 Å². The van der Waals surface area contributed by atoms with Gasteiger partial charge in [0.1, 0.15) is 10.0 Å². The van der Waals surface area contributed by atoms with Crippen LogP contribution in [-0.2, 0) is 16.6 Å². The number of sulfonamides is 1. The van der Waals surface area contributed by atoms with Gasteiger partial charge in [0, 0.05) is 11.4 Å². The van der Waals surface area contributed by atoms with E-state index in [1.807, 2.05) is 6.92 Å². The van der Waals surface area contributed by atoms with E-state index in [0.717, 1.165) is 4.88 Å². The maximum Gasteiger partial charge on any atom is 0.250 e. The van der Waals surface area contributed by atoms with Gasteiger partial charge >= 0.3 is 0 Å². The molecule has 0 unspecified atom stereocenters. The minimum atomic E-state index is -3.51.